The monoisotopic (exact) mass is 356 g/mol. The fourth-order valence-electron chi connectivity index (χ4n) is 2.70. The summed E-state index contributed by atoms with van der Waals surface area (Å²) in [5, 5.41) is 13.5. The number of imide groups is 1. The quantitative estimate of drug-likeness (QED) is 0.573. The number of aliphatic hydroxyl groups excluding tert-OH is 1. The van der Waals surface area contributed by atoms with Crippen molar-refractivity contribution in [1.82, 2.24) is 10.6 Å². The first-order valence-corrected chi connectivity index (χ1v) is 8.45. The number of urea groups is 1. The first kappa shape index (κ1) is 19.6. The van der Waals surface area contributed by atoms with Crippen LogP contribution in [-0.2, 0) is 10.3 Å². The Labute approximate surface area is 154 Å². The minimum Gasteiger partial charge on any atom is -0.391 e. The summed E-state index contributed by atoms with van der Waals surface area (Å²) in [5.74, 6) is -0.352. The predicted octanol–water partition coefficient (Wildman–Crippen LogP) is 1.45. The summed E-state index contributed by atoms with van der Waals surface area (Å²) in [6, 6.07) is 18.0. The molecule has 0 unspecified atom stereocenters. The Kier molecular flexibility index (Phi) is 6.13. The van der Waals surface area contributed by atoms with E-state index in [4.69, 9.17) is 5.11 Å². The number of carbonyl (C=O) groups is 2. The lowest BCUT2D eigenvalue weighted by molar-refractivity contribution is -0.870. The maximum atomic E-state index is 12.3. The van der Waals surface area contributed by atoms with Gasteiger partial charge in [0.1, 0.15) is 6.54 Å². The molecule has 1 heterocycles. The minimum absolute atomic E-state index is 0.281. The normalized spacial score (nSPS) is 15.5. The van der Waals surface area contributed by atoms with Crippen molar-refractivity contribution in [1.29, 1.82) is 0 Å². The lowest BCUT2D eigenvalue weighted by Crippen LogP contribution is -2.44. The molecule has 3 N–H and O–H groups in total. The molecule has 1 saturated heterocycles. The van der Waals surface area contributed by atoms with Gasteiger partial charge < -0.3 is 14.9 Å². The summed E-state index contributed by atoms with van der Waals surface area (Å²) in [6.45, 7) is 1.11. The summed E-state index contributed by atoms with van der Waals surface area (Å²) in [5.41, 5.74) is 0.341. The number of quaternary nitrogens is 1. The Balaban J connectivity index is 0.000000298. The number of likely N-dealkylation sites (N-methyl/N-ethyl adjacent to an activating group) is 1. The lowest BCUT2D eigenvalue weighted by atomic mass is 9.83. The molecule has 0 aliphatic carbocycles. The third-order valence-corrected chi connectivity index (χ3v) is 4.05. The Morgan fingerprint density at radius 3 is 1.62 bits per heavy atom. The van der Waals surface area contributed by atoms with Gasteiger partial charge in [-0.05, 0) is 11.1 Å². The Morgan fingerprint density at radius 2 is 1.35 bits per heavy atom. The Morgan fingerprint density at radius 1 is 0.885 bits per heavy atom. The number of aliphatic hydroxyl groups is 1. The second-order valence-corrected chi connectivity index (χ2v) is 7.13. The number of nitrogens with zero attached hydrogens (tertiary/aromatic N) is 1. The van der Waals surface area contributed by atoms with E-state index in [1.807, 2.05) is 60.7 Å². The molecule has 26 heavy (non-hydrogen) atoms. The zero-order chi connectivity index (χ0) is 19.2. The van der Waals surface area contributed by atoms with Crippen LogP contribution in [0.2, 0.25) is 0 Å². The van der Waals surface area contributed by atoms with Gasteiger partial charge in [0.2, 0.25) is 0 Å². The summed E-state index contributed by atoms with van der Waals surface area (Å²) in [4.78, 5) is 23.9. The average molecular weight is 356 g/mol. The summed E-state index contributed by atoms with van der Waals surface area (Å²) in [6.07, 6.45) is 0. The molecule has 2 aromatic rings. The highest BCUT2D eigenvalue weighted by Crippen LogP contribution is 2.32. The number of amides is 3. The second kappa shape index (κ2) is 8.12. The van der Waals surface area contributed by atoms with Crippen molar-refractivity contribution in [3.8, 4) is 0 Å². The van der Waals surface area contributed by atoms with Gasteiger partial charge in [0, 0.05) is 0 Å². The van der Waals surface area contributed by atoms with Gasteiger partial charge in [-0.1, -0.05) is 60.7 Å². The minimum atomic E-state index is -1.14. The fraction of sp³-hybridized carbons (Fsp3) is 0.300. The van der Waals surface area contributed by atoms with E-state index >= 15 is 0 Å². The SMILES string of the molecule is C[N+](C)(C)CCO.O=C1NC(=O)C(c2ccccc2)(c2ccccc2)N1. The van der Waals surface area contributed by atoms with E-state index in [2.05, 4.69) is 31.8 Å². The van der Waals surface area contributed by atoms with Crippen LogP contribution in [0.5, 0.6) is 0 Å². The maximum absolute atomic E-state index is 12.3. The molecule has 0 saturated carbocycles. The van der Waals surface area contributed by atoms with Crippen molar-refractivity contribution in [2.75, 3.05) is 34.3 Å². The highest BCUT2D eigenvalue weighted by molar-refractivity contribution is 6.09. The van der Waals surface area contributed by atoms with E-state index in [1.165, 1.54) is 0 Å². The Hall–Kier alpha value is -2.70. The molecule has 0 bridgehead atoms. The van der Waals surface area contributed by atoms with Crippen LogP contribution in [0.1, 0.15) is 11.1 Å². The van der Waals surface area contributed by atoms with Gasteiger partial charge in [0.05, 0.1) is 27.7 Å². The summed E-state index contributed by atoms with van der Waals surface area (Å²) < 4.78 is 0.844. The Bertz CT molecular complexity index is 700. The lowest BCUT2D eigenvalue weighted by Gasteiger charge is -2.27. The molecule has 6 nitrogen and oxygen atoms in total. The van der Waals surface area contributed by atoms with Gasteiger partial charge in [-0.15, -0.1) is 0 Å². The van der Waals surface area contributed by atoms with Crippen molar-refractivity contribution in [2.24, 2.45) is 0 Å². The van der Waals surface area contributed by atoms with Gasteiger partial charge in [-0.25, -0.2) is 4.79 Å². The van der Waals surface area contributed by atoms with Crippen molar-refractivity contribution in [3.05, 3.63) is 71.8 Å². The van der Waals surface area contributed by atoms with Gasteiger partial charge in [-0.3, -0.25) is 10.1 Å². The predicted molar refractivity (Wildman–Crippen MR) is 100 cm³/mol. The molecule has 1 aliphatic rings. The van der Waals surface area contributed by atoms with Crippen LogP contribution >= 0.6 is 0 Å². The molecular weight excluding hydrogens is 330 g/mol. The summed E-state index contributed by atoms with van der Waals surface area (Å²) in [7, 11) is 6.16. The smallest absolute Gasteiger partial charge is 0.322 e. The maximum Gasteiger partial charge on any atom is 0.322 e. The number of nitrogens with one attached hydrogen (secondary N) is 2. The number of rotatable bonds is 4. The van der Waals surface area contributed by atoms with Crippen LogP contribution in [0, 0.1) is 0 Å². The van der Waals surface area contributed by atoms with Crippen molar-refractivity contribution in [2.45, 2.75) is 5.54 Å². The number of hydrogen-bond donors (Lipinski definition) is 3. The first-order chi connectivity index (χ1) is 12.3. The standard InChI is InChI=1S/C15H12N2O2.C5H14NO/c18-13-15(17-14(19)16-13,11-7-3-1-4-8-11)12-9-5-2-6-10-12;1-6(2,3)4-5-7/h1-10H,(H2,16,17,18,19);7H,4-5H2,1-3H3/q;+1. The van der Waals surface area contributed by atoms with E-state index < -0.39 is 11.6 Å². The molecule has 1 fully saturated rings. The van der Waals surface area contributed by atoms with E-state index in [9.17, 15) is 9.59 Å². The van der Waals surface area contributed by atoms with Gasteiger partial charge in [0.15, 0.2) is 5.54 Å². The number of carbonyl (C=O) groups excluding carboxylic acids is 2. The average Bonchev–Trinajstić information content (AvgIpc) is 2.91. The van der Waals surface area contributed by atoms with E-state index in [0.29, 0.717) is 0 Å². The molecular formula is C20H26N3O3+. The zero-order valence-corrected chi connectivity index (χ0v) is 15.4. The second-order valence-electron chi connectivity index (χ2n) is 7.13. The van der Waals surface area contributed by atoms with E-state index in [0.717, 1.165) is 22.2 Å². The van der Waals surface area contributed by atoms with Gasteiger partial charge in [0.25, 0.3) is 5.91 Å². The van der Waals surface area contributed by atoms with Crippen LogP contribution in [0.15, 0.2) is 60.7 Å². The van der Waals surface area contributed by atoms with Crippen LogP contribution < -0.4 is 10.6 Å². The molecule has 138 valence electrons. The van der Waals surface area contributed by atoms with Gasteiger partial charge >= 0.3 is 6.03 Å². The largest absolute Gasteiger partial charge is 0.391 e. The number of benzene rings is 2. The fourth-order valence-corrected chi connectivity index (χ4v) is 2.70. The molecule has 0 atom stereocenters. The highest BCUT2D eigenvalue weighted by Gasteiger charge is 2.48. The van der Waals surface area contributed by atoms with Crippen LogP contribution in [0.3, 0.4) is 0 Å². The molecule has 0 radical (unpaired) electrons. The van der Waals surface area contributed by atoms with Crippen LogP contribution in [0.25, 0.3) is 0 Å². The number of hydrogen-bond acceptors (Lipinski definition) is 3. The zero-order valence-electron chi connectivity index (χ0n) is 15.4. The van der Waals surface area contributed by atoms with Crippen LogP contribution in [0.4, 0.5) is 4.79 Å². The molecule has 0 aromatic heterocycles. The first-order valence-electron chi connectivity index (χ1n) is 8.45. The van der Waals surface area contributed by atoms with Gasteiger partial charge in [-0.2, -0.15) is 0 Å². The molecule has 2 aromatic carbocycles. The molecule has 1 aliphatic heterocycles. The van der Waals surface area contributed by atoms with Crippen LogP contribution in [-0.4, -0.2) is 55.8 Å². The van der Waals surface area contributed by atoms with Crippen molar-refractivity contribution < 1.29 is 19.2 Å². The van der Waals surface area contributed by atoms with E-state index in [-0.39, 0.29) is 12.5 Å². The molecule has 0 spiro atoms. The molecule has 6 heteroatoms. The van der Waals surface area contributed by atoms with Crippen molar-refractivity contribution >= 4 is 11.9 Å². The third kappa shape index (κ3) is 4.47. The topological polar surface area (TPSA) is 78.4 Å². The summed E-state index contributed by atoms with van der Waals surface area (Å²) >= 11 is 0. The third-order valence-electron chi connectivity index (χ3n) is 4.05. The molecule has 3 amide bonds. The molecule has 3 rings (SSSR count). The van der Waals surface area contributed by atoms with E-state index in [1.54, 1.807) is 0 Å². The highest BCUT2D eigenvalue weighted by atomic mass is 16.3. The van der Waals surface area contributed by atoms with Crippen molar-refractivity contribution in [3.63, 3.8) is 0 Å².